The Hall–Kier alpha value is -0.500. The molecule has 2 rings (SSSR count). The maximum Gasteiger partial charge on any atom is 0.0375 e. The minimum absolute atomic E-state index is 0.601. The number of rotatable bonds is 4. The summed E-state index contributed by atoms with van der Waals surface area (Å²) in [6.07, 6.45) is 6.70. The van der Waals surface area contributed by atoms with E-state index in [1.54, 1.807) is 0 Å². The molecule has 1 fully saturated rings. The van der Waals surface area contributed by atoms with E-state index in [4.69, 9.17) is 0 Å². The summed E-state index contributed by atoms with van der Waals surface area (Å²) in [7, 11) is 0. The lowest BCUT2D eigenvalue weighted by atomic mass is 9.99. The summed E-state index contributed by atoms with van der Waals surface area (Å²) in [6.45, 7) is 4.55. The highest BCUT2D eigenvalue weighted by molar-refractivity contribution is 9.10. The third-order valence-corrected chi connectivity index (χ3v) is 4.43. The maximum absolute atomic E-state index is 3.71. The highest BCUT2D eigenvalue weighted by atomic mass is 79.9. The smallest absolute Gasteiger partial charge is 0.0375 e. The van der Waals surface area contributed by atoms with Crippen LogP contribution in [0.3, 0.4) is 0 Å². The molecule has 1 saturated carbocycles. The minimum atomic E-state index is 0.601. The summed E-state index contributed by atoms with van der Waals surface area (Å²) in [5, 5.41) is 3.71. The molecule has 0 amide bonds. The van der Waals surface area contributed by atoms with Crippen LogP contribution in [0.4, 0.5) is 5.69 Å². The van der Waals surface area contributed by atoms with Crippen molar-refractivity contribution in [1.29, 1.82) is 0 Å². The topological polar surface area (TPSA) is 12.0 Å². The van der Waals surface area contributed by atoms with Gasteiger partial charge in [-0.2, -0.15) is 0 Å². The highest BCUT2D eigenvalue weighted by Gasteiger charge is 2.21. The van der Waals surface area contributed by atoms with Crippen LogP contribution in [0.2, 0.25) is 0 Å². The molecule has 0 bridgehead atoms. The van der Waals surface area contributed by atoms with E-state index in [-0.39, 0.29) is 0 Å². The van der Waals surface area contributed by atoms with Crippen molar-refractivity contribution in [2.45, 2.75) is 52.0 Å². The predicted octanol–water partition coefficient (Wildman–Crippen LogP) is 5.00. The van der Waals surface area contributed by atoms with Gasteiger partial charge in [0, 0.05) is 16.2 Å². The van der Waals surface area contributed by atoms with Crippen LogP contribution in [0.5, 0.6) is 0 Å². The molecule has 1 nitrogen and oxygen atoms in total. The van der Waals surface area contributed by atoms with E-state index in [0.717, 1.165) is 12.3 Å². The summed E-state index contributed by atoms with van der Waals surface area (Å²) in [5.41, 5.74) is 2.72. The first-order chi connectivity index (χ1) is 8.20. The van der Waals surface area contributed by atoms with Gasteiger partial charge in [0.1, 0.15) is 0 Å². The van der Waals surface area contributed by atoms with Gasteiger partial charge in [-0.15, -0.1) is 0 Å². The molecule has 1 aromatic rings. The molecule has 2 heteroatoms. The van der Waals surface area contributed by atoms with Gasteiger partial charge in [0.25, 0.3) is 0 Å². The van der Waals surface area contributed by atoms with E-state index in [2.05, 4.69) is 53.3 Å². The normalized spacial score (nSPS) is 18.3. The second kappa shape index (κ2) is 5.90. The van der Waals surface area contributed by atoms with Crippen LogP contribution in [0.25, 0.3) is 0 Å². The number of hydrogen-bond acceptors (Lipinski definition) is 1. The molecule has 1 aromatic carbocycles. The maximum atomic E-state index is 3.71. The Morgan fingerprint density at radius 1 is 1.35 bits per heavy atom. The fourth-order valence-electron chi connectivity index (χ4n) is 2.82. The molecule has 1 aliphatic carbocycles. The van der Waals surface area contributed by atoms with Gasteiger partial charge in [-0.05, 0) is 55.9 Å². The van der Waals surface area contributed by atoms with Crippen molar-refractivity contribution in [3.8, 4) is 0 Å². The minimum Gasteiger partial charge on any atom is -0.382 e. The Balaban J connectivity index is 2.06. The van der Waals surface area contributed by atoms with Gasteiger partial charge in [0.05, 0.1) is 0 Å². The average Bonchev–Trinajstić information content (AvgIpc) is 2.85. The van der Waals surface area contributed by atoms with E-state index in [1.165, 1.54) is 41.4 Å². The van der Waals surface area contributed by atoms with E-state index >= 15 is 0 Å². The lowest BCUT2D eigenvalue weighted by molar-refractivity contribution is 0.482. The zero-order valence-electron chi connectivity index (χ0n) is 10.8. The van der Waals surface area contributed by atoms with Crippen LogP contribution in [-0.2, 0) is 6.42 Å². The highest BCUT2D eigenvalue weighted by Crippen LogP contribution is 2.30. The Bertz CT molecular complexity index is 369. The molecule has 1 N–H and O–H groups in total. The lowest BCUT2D eigenvalue weighted by Crippen LogP contribution is -2.24. The number of nitrogens with one attached hydrogen (secondary N) is 1. The molecule has 94 valence electrons. The third kappa shape index (κ3) is 3.25. The van der Waals surface area contributed by atoms with Gasteiger partial charge < -0.3 is 5.32 Å². The van der Waals surface area contributed by atoms with Gasteiger partial charge in [-0.25, -0.2) is 0 Å². The first-order valence-electron chi connectivity index (χ1n) is 6.75. The van der Waals surface area contributed by atoms with Crippen molar-refractivity contribution in [2.24, 2.45) is 5.92 Å². The second-order valence-corrected chi connectivity index (χ2v) is 6.05. The van der Waals surface area contributed by atoms with Crippen molar-refractivity contribution < 1.29 is 0 Å². The summed E-state index contributed by atoms with van der Waals surface area (Å²) in [5.74, 6) is 0.864. The molecular formula is C15H22BrN. The number of halogens is 1. The zero-order chi connectivity index (χ0) is 12.3. The van der Waals surface area contributed by atoms with E-state index in [0.29, 0.717) is 6.04 Å². The quantitative estimate of drug-likeness (QED) is 0.824. The Morgan fingerprint density at radius 2 is 2.06 bits per heavy atom. The molecule has 0 aromatic heterocycles. The number of hydrogen-bond donors (Lipinski definition) is 1. The van der Waals surface area contributed by atoms with E-state index in [9.17, 15) is 0 Å². The van der Waals surface area contributed by atoms with Crippen molar-refractivity contribution >= 4 is 21.6 Å². The van der Waals surface area contributed by atoms with Gasteiger partial charge >= 0.3 is 0 Å². The standard InChI is InChI=1S/C15H22BrN/c1-3-12-10-14(16)8-9-15(12)17-11(2)13-6-4-5-7-13/h8-11,13,17H,3-7H2,1-2H3. The van der Waals surface area contributed by atoms with Crippen LogP contribution in [0, 0.1) is 5.92 Å². The first-order valence-corrected chi connectivity index (χ1v) is 7.55. The largest absolute Gasteiger partial charge is 0.382 e. The fourth-order valence-corrected chi connectivity index (χ4v) is 3.22. The molecule has 0 radical (unpaired) electrons. The van der Waals surface area contributed by atoms with Crippen molar-refractivity contribution in [2.75, 3.05) is 5.32 Å². The van der Waals surface area contributed by atoms with Crippen LogP contribution < -0.4 is 5.32 Å². The zero-order valence-corrected chi connectivity index (χ0v) is 12.4. The summed E-state index contributed by atoms with van der Waals surface area (Å²) < 4.78 is 1.17. The van der Waals surface area contributed by atoms with Crippen LogP contribution in [0.15, 0.2) is 22.7 Å². The van der Waals surface area contributed by atoms with Gasteiger partial charge in [0.15, 0.2) is 0 Å². The van der Waals surface area contributed by atoms with Crippen molar-refractivity contribution in [1.82, 2.24) is 0 Å². The van der Waals surface area contributed by atoms with Crippen molar-refractivity contribution in [3.05, 3.63) is 28.2 Å². The summed E-state index contributed by atoms with van der Waals surface area (Å²) >= 11 is 3.54. The Labute approximate surface area is 113 Å². The molecule has 0 saturated heterocycles. The Kier molecular flexibility index (Phi) is 4.49. The molecular weight excluding hydrogens is 274 g/mol. The molecule has 0 heterocycles. The second-order valence-electron chi connectivity index (χ2n) is 5.13. The number of aryl methyl sites for hydroxylation is 1. The van der Waals surface area contributed by atoms with Gasteiger partial charge in [0.2, 0.25) is 0 Å². The SMILES string of the molecule is CCc1cc(Br)ccc1NC(C)C1CCCC1. The van der Waals surface area contributed by atoms with E-state index in [1.807, 2.05) is 0 Å². The first kappa shape index (κ1) is 12.9. The van der Waals surface area contributed by atoms with Crippen LogP contribution in [-0.4, -0.2) is 6.04 Å². The predicted molar refractivity (Wildman–Crippen MR) is 78.6 cm³/mol. The molecule has 0 spiro atoms. The monoisotopic (exact) mass is 295 g/mol. The molecule has 1 atom stereocenters. The average molecular weight is 296 g/mol. The lowest BCUT2D eigenvalue weighted by Gasteiger charge is -2.23. The molecule has 1 aliphatic rings. The molecule has 0 aliphatic heterocycles. The summed E-state index contributed by atoms with van der Waals surface area (Å²) in [4.78, 5) is 0. The number of benzene rings is 1. The fraction of sp³-hybridized carbons (Fsp3) is 0.600. The van der Waals surface area contributed by atoms with Gasteiger partial charge in [-0.1, -0.05) is 35.7 Å². The summed E-state index contributed by atoms with van der Waals surface area (Å²) in [6, 6.07) is 7.16. The Morgan fingerprint density at radius 3 is 2.71 bits per heavy atom. The van der Waals surface area contributed by atoms with Crippen LogP contribution >= 0.6 is 15.9 Å². The number of anilines is 1. The van der Waals surface area contributed by atoms with Crippen LogP contribution in [0.1, 0.15) is 45.1 Å². The third-order valence-electron chi connectivity index (χ3n) is 3.94. The molecule has 1 unspecified atom stereocenters. The van der Waals surface area contributed by atoms with E-state index < -0.39 is 0 Å². The van der Waals surface area contributed by atoms with Crippen molar-refractivity contribution in [3.63, 3.8) is 0 Å². The van der Waals surface area contributed by atoms with Gasteiger partial charge in [-0.3, -0.25) is 0 Å². The molecule has 17 heavy (non-hydrogen) atoms.